The molecule has 6 nitrogen and oxygen atoms in total. The van der Waals surface area contributed by atoms with Gasteiger partial charge in [-0.25, -0.2) is 4.98 Å². The molecule has 0 saturated carbocycles. The van der Waals surface area contributed by atoms with Crippen molar-refractivity contribution in [2.75, 3.05) is 38.1 Å². The average Bonchev–Trinajstić information content (AvgIpc) is 3.16. The Hall–Kier alpha value is -2.44. The van der Waals surface area contributed by atoms with Gasteiger partial charge in [-0.3, -0.25) is 9.38 Å². The zero-order valence-corrected chi connectivity index (χ0v) is 17.4. The van der Waals surface area contributed by atoms with Crippen LogP contribution in [0.2, 0.25) is 0 Å². The maximum atomic E-state index is 4.88. The number of aryl methyl sites for hydroxylation is 2. The minimum Gasteiger partial charge on any atom is -0.355 e. The molecule has 1 aliphatic heterocycles. The molecule has 4 heterocycles. The smallest absolute Gasteiger partial charge is 0.138 e. The molecule has 1 saturated heterocycles. The largest absolute Gasteiger partial charge is 0.355 e. The molecule has 152 valence electrons. The van der Waals surface area contributed by atoms with Gasteiger partial charge in [-0.15, -0.1) is 0 Å². The molecule has 1 N–H and O–H groups in total. The van der Waals surface area contributed by atoms with Crippen molar-refractivity contribution in [2.24, 2.45) is 0 Å². The van der Waals surface area contributed by atoms with Crippen LogP contribution in [0.1, 0.15) is 41.5 Å². The first-order valence-electron chi connectivity index (χ1n) is 10.8. The van der Waals surface area contributed by atoms with Crippen molar-refractivity contribution >= 4 is 11.5 Å². The van der Waals surface area contributed by atoms with Gasteiger partial charge in [0.2, 0.25) is 0 Å². The first-order valence-corrected chi connectivity index (χ1v) is 10.8. The molecule has 0 spiro atoms. The van der Waals surface area contributed by atoms with E-state index < -0.39 is 0 Å². The van der Waals surface area contributed by atoms with Gasteiger partial charge in [0, 0.05) is 44.6 Å². The van der Waals surface area contributed by atoms with Crippen molar-refractivity contribution in [1.29, 1.82) is 0 Å². The lowest BCUT2D eigenvalue weighted by Gasteiger charge is -2.34. The molecule has 1 atom stereocenters. The van der Waals surface area contributed by atoms with Crippen LogP contribution >= 0.6 is 0 Å². The Bertz CT molecular complexity index is 1000. The summed E-state index contributed by atoms with van der Waals surface area (Å²) in [6.45, 7) is 7.17. The van der Waals surface area contributed by atoms with Gasteiger partial charge in [-0.1, -0.05) is 12.1 Å². The van der Waals surface area contributed by atoms with Gasteiger partial charge in [-0.05, 0) is 57.0 Å². The average molecular weight is 391 g/mol. The summed E-state index contributed by atoms with van der Waals surface area (Å²) >= 11 is 0. The first-order chi connectivity index (χ1) is 14.2. The van der Waals surface area contributed by atoms with Gasteiger partial charge < -0.3 is 15.1 Å². The fourth-order valence-electron chi connectivity index (χ4n) is 4.60. The van der Waals surface area contributed by atoms with E-state index in [2.05, 4.69) is 70.0 Å². The molecule has 1 aliphatic carbocycles. The van der Waals surface area contributed by atoms with Crippen LogP contribution in [0.3, 0.4) is 0 Å². The third kappa shape index (κ3) is 3.74. The molecule has 1 fully saturated rings. The van der Waals surface area contributed by atoms with Crippen LogP contribution in [0.25, 0.3) is 5.65 Å². The number of pyridine rings is 2. The zero-order chi connectivity index (χ0) is 19.8. The molecule has 1 unspecified atom stereocenters. The van der Waals surface area contributed by atoms with E-state index in [0.29, 0.717) is 6.04 Å². The predicted molar refractivity (Wildman–Crippen MR) is 116 cm³/mol. The number of rotatable bonds is 4. The number of nitrogens with one attached hydrogen (secondary N) is 1. The number of nitrogens with zero attached hydrogens (tertiary/aromatic N) is 5. The van der Waals surface area contributed by atoms with Crippen LogP contribution in [-0.4, -0.2) is 52.5 Å². The summed E-state index contributed by atoms with van der Waals surface area (Å²) in [5.74, 6) is 1.25. The van der Waals surface area contributed by atoms with Gasteiger partial charge in [-0.2, -0.15) is 0 Å². The van der Waals surface area contributed by atoms with Crippen LogP contribution in [0.5, 0.6) is 0 Å². The fraction of sp³-hybridized carbons (Fsp3) is 0.478. The van der Waals surface area contributed by atoms with Crippen molar-refractivity contribution in [3.05, 3.63) is 59.2 Å². The van der Waals surface area contributed by atoms with E-state index in [1.165, 1.54) is 23.5 Å². The lowest BCUT2D eigenvalue weighted by atomic mass is 9.91. The highest BCUT2D eigenvalue weighted by Crippen LogP contribution is 2.29. The molecule has 29 heavy (non-hydrogen) atoms. The van der Waals surface area contributed by atoms with Crippen LogP contribution in [0.15, 0.2) is 36.5 Å². The summed E-state index contributed by atoms with van der Waals surface area (Å²) in [5, 5.41) is 3.73. The molecule has 6 heteroatoms. The number of fused-ring (bicyclic) bond motifs is 2. The lowest BCUT2D eigenvalue weighted by Crippen LogP contribution is -2.45. The topological polar surface area (TPSA) is 48.7 Å². The molecule has 0 bridgehead atoms. The zero-order valence-electron chi connectivity index (χ0n) is 17.4. The third-order valence-electron chi connectivity index (χ3n) is 6.30. The van der Waals surface area contributed by atoms with Crippen LogP contribution in [-0.2, 0) is 13.0 Å². The van der Waals surface area contributed by atoms with Gasteiger partial charge in [0.1, 0.15) is 11.5 Å². The van der Waals surface area contributed by atoms with Gasteiger partial charge in [0.15, 0.2) is 0 Å². The second-order valence-corrected chi connectivity index (χ2v) is 8.46. The summed E-state index contributed by atoms with van der Waals surface area (Å²) in [5.41, 5.74) is 5.84. The predicted octanol–water partition coefficient (Wildman–Crippen LogP) is 2.96. The molecule has 0 aromatic carbocycles. The van der Waals surface area contributed by atoms with E-state index >= 15 is 0 Å². The first kappa shape index (κ1) is 18.6. The molecular weight excluding hydrogens is 360 g/mol. The van der Waals surface area contributed by atoms with E-state index in [1.807, 2.05) is 0 Å². The molecule has 5 rings (SSSR count). The minimum atomic E-state index is 0.320. The summed E-state index contributed by atoms with van der Waals surface area (Å²) in [6.07, 6.45) is 5.70. The Kier molecular flexibility index (Phi) is 4.97. The number of hydrogen-bond acceptors (Lipinski definition) is 5. The van der Waals surface area contributed by atoms with E-state index in [1.54, 1.807) is 0 Å². The number of imidazole rings is 1. The van der Waals surface area contributed by atoms with Crippen LogP contribution in [0.4, 0.5) is 5.82 Å². The Morgan fingerprint density at radius 1 is 1.07 bits per heavy atom. The molecule has 0 radical (unpaired) electrons. The monoisotopic (exact) mass is 390 g/mol. The Labute approximate surface area is 172 Å². The summed E-state index contributed by atoms with van der Waals surface area (Å²) < 4.78 is 2.25. The van der Waals surface area contributed by atoms with Crippen LogP contribution < -0.4 is 10.2 Å². The highest BCUT2D eigenvalue weighted by Gasteiger charge is 2.22. The van der Waals surface area contributed by atoms with Gasteiger partial charge >= 0.3 is 0 Å². The van der Waals surface area contributed by atoms with E-state index in [0.717, 1.165) is 62.6 Å². The third-order valence-corrected chi connectivity index (χ3v) is 6.30. The second kappa shape index (κ2) is 7.76. The van der Waals surface area contributed by atoms with Crippen LogP contribution in [0, 0.1) is 6.92 Å². The van der Waals surface area contributed by atoms with E-state index in [-0.39, 0.29) is 0 Å². The quantitative estimate of drug-likeness (QED) is 0.742. The maximum Gasteiger partial charge on any atom is 0.138 e. The van der Waals surface area contributed by atoms with Gasteiger partial charge in [0.25, 0.3) is 0 Å². The Balaban J connectivity index is 1.35. The number of likely N-dealkylation sites (N-methyl/N-ethyl adjacent to an activating group) is 1. The Morgan fingerprint density at radius 3 is 2.79 bits per heavy atom. The number of aromatic nitrogens is 3. The van der Waals surface area contributed by atoms with Crippen molar-refractivity contribution in [2.45, 2.75) is 38.8 Å². The Morgan fingerprint density at radius 2 is 1.93 bits per heavy atom. The van der Waals surface area contributed by atoms with Gasteiger partial charge in [0.05, 0.1) is 17.4 Å². The highest BCUT2D eigenvalue weighted by molar-refractivity contribution is 5.53. The normalized spacial score (nSPS) is 20.2. The fourth-order valence-corrected chi connectivity index (χ4v) is 4.60. The number of anilines is 1. The summed E-state index contributed by atoms with van der Waals surface area (Å²) in [4.78, 5) is 14.6. The second-order valence-electron chi connectivity index (χ2n) is 8.46. The molecule has 3 aromatic rings. The summed E-state index contributed by atoms with van der Waals surface area (Å²) in [7, 11) is 2.19. The number of piperazine rings is 1. The SMILES string of the molecule is Cc1ccc2c(n1)C(NCc1cn3c(N4CCN(C)CC4)cccc3n1)CCC2. The van der Waals surface area contributed by atoms with Crippen molar-refractivity contribution in [3.8, 4) is 0 Å². The molecule has 3 aromatic heterocycles. The summed E-state index contributed by atoms with van der Waals surface area (Å²) in [6, 6.07) is 11.1. The minimum absolute atomic E-state index is 0.320. The standard InChI is InChI=1S/C23H30N6/c1-17-9-10-18-5-3-6-20(23(18)25-17)24-15-19-16-29-21(26-19)7-4-8-22(29)28-13-11-27(2)12-14-28/h4,7-10,16,20,24H,3,5-6,11-15H2,1-2H3. The maximum absolute atomic E-state index is 4.88. The van der Waals surface area contributed by atoms with E-state index in [4.69, 9.17) is 9.97 Å². The molecule has 0 amide bonds. The van der Waals surface area contributed by atoms with E-state index in [9.17, 15) is 0 Å². The number of hydrogen-bond donors (Lipinski definition) is 1. The molecule has 2 aliphatic rings. The highest BCUT2D eigenvalue weighted by atomic mass is 15.3. The van der Waals surface area contributed by atoms with Crippen molar-refractivity contribution < 1.29 is 0 Å². The molecular formula is C23H30N6. The lowest BCUT2D eigenvalue weighted by molar-refractivity contribution is 0.312. The van der Waals surface area contributed by atoms with Crippen molar-refractivity contribution in [1.82, 2.24) is 24.6 Å². The van der Waals surface area contributed by atoms with Crippen molar-refractivity contribution in [3.63, 3.8) is 0 Å².